The maximum Gasteiger partial charge on any atom is 0.496 e. The van der Waals surface area contributed by atoms with Gasteiger partial charge in [0, 0.05) is 31.6 Å². The minimum absolute atomic E-state index is 0.250. The van der Waals surface area contributed by atoms with Gasteiger partial charge in [-0.15, -0.1) is 0 Å². The van der Waals surface area contributed by atoms with Crippen molar-refractivity contribution in [2.24, 2.45) is 0 Å². The fourth-order valence-corrected chi connectivity index (χ4v) is 4.79. The zero-order valence-electron chi connectivity index (χ0n) is 19.5. The molecule has 2 aliphatic heterocycles. The van der Waals surface area contributed by atoms with Crippen LogP contribution in [0, 0.1) is 0 Å². The Labute approximate surface area is 188 Å². The van der Waals surface area contributed by atoms with Crippen LogP contribution in [0.25, 0.3) is 10.2 Å². The first-order valence-corrected chi connectivity index (χ1v) is 11.7. The number of hydrogen-bond acceptors (Lipinski definition) is 7. The number of thiazole rings is 1. The molecule has 4 rings (SSSR count). The Morgan fingerprint density at radius 1 is 1.10 bits per heavy atom. The van der Waals surface area contributed by atoms with Crippen LogP contribution in [0.4, 0.5) is 9.93 Å². The van der Waals surface area contributed by atoms with Gasteiger partial charge in [0.2, 0.25) is 0 Å². The van der Waals surface area contributed by atoms with Gasteiger partial charge in [-0.25, -0.2) is 9.78 Å². The van der Waals surface area contributed by atoms with Gasteiger partial charge in [-0.1, -0.05) is 23.5 Å². The number of piperazine rings is 1. The van der Waals surface area contributed by atoms with Gasteiger partial charge in [0.25, 0.3) is 0 Å². The average Bonchev–Trinajstić information content (AvgIpc) is 3.18. The first kappa shape index (κ1) is 22.4. The van der Waals surface area contributed by atoms with Gasteiger partial charge in [0.05, 0.1) is 21.4 Å². The summed E-state index contributed by atoms with van der Waals surface area (Å²) in [6.45, 7) is 16.6. The summed E-state index contributed by atoms with van der Waals surface area (Å²) in [6.07, 6.45) is -0.250. The Hall–Kier alpha value is -1.84. The topological polar surface area (TPSA) is 64.1 Å². The Balaban J connectivity index is 1.50. The van der Waals surface area contributed by atoms with E-state index >= 15 is 0 Å². The summed E-state index contributed by atoms with van der Waals surface area (Å²) < 4.78 is 19.1. The zero-order valence-corrected chi connectivity index (χ0v) is 20.3. The van der Waals surface area contributed by atoms with Crippen molar-refractivity contribution in [2.75, 3.05) is 31.1 Å². The second-order valence-electron chi connectivity index (χ2n) is 10.2. The molecule has 168 valence electrons. The second kappa shape index (κ2) is 7.64. The number of fused-ring (bicyclic) bond motifs is 1. The van der Waals surface area contributed by atoms with Crippen molar-refractivity contribution in [1.29, 1.82) is 0 Å². The largest absolute Gasteiger partial charge is 0.496 e. The molecule has 0 spiro atoms. The van der Waals surface area contributed by atoms with E-state index in [1.807, 2.05) is 32.9 Å². The third-order valence-electron chi connectivity index (χ3n) is 6.14. The van der Waals surface area contributed by atoms with Gasteiger partial charge in [0.1, 0.15) is 5.60 Å². The molecule has 2 fully saturated rings. The van der Waals surface area contributed by atoms with Crippen molar-refractivity contribution in [2.45, 2.75) is 65.3 Å². The van der Waals surface area contributed by atoms with Crippen molar-refractivity contribution in [1.82, 2.24) is 9.88 Å². The molecular formula is C22H32BN3O4S. The van der Waals surface area contributed by atoms with E-state index in [2.05, 4.69) is 38.7 Å². The summed E-state index contributed by atoms with van der Waals surface area (Å²) in [5.74, 6) is 0. The van der Waals surface area contributed by atoms with Crippen molar-refractivity contribution < 1.29 is 18.8 Å². The molecule has 0 radical (unpaired) electrons. The molecular weight excluding hydrogens is 413 g/mol. The van der Waals surface area contributed by atoms with Crippen molar-refractivity contribution >= 4 is 45.4 Å². The van der Waals surface area contributed by atoms with E-state index in [4.69, 9.17) is 19.0 Å². The minimum atomic E-state index is -0.481. The predicted molar refractivity (Wildman–Crippen MR) is 125 cm³/mol. The van der Waals surface area contributed by atoms with Crippen LogP contribution >= 0.6 is 11.3 Å². The molecule has 0 N–H and O–H groups in total. The lowest BCUT2D eigenvalue weighted by Gasteiger charge is -2.35. The van der Waals surface area contributed by atoms with Crippen LogP contribution in [0.2, 0.25) is 0 Å². The number of anilines is 1. The van der Waals surface area contributed by atoms with Crippen LogP contribution in [0.3, 0.4) is 0 Å². The number of carbonyl (C=O) groups is 1. The number of rotatable bonds is 2. The molecule has 1 amide bonds. The van der Waals surface area contributed by atoms with E-state index in [0.717, 1.165) is 33.9 Å². The van der Waals surface area contributed by atoms with Crippen LogP contribution in [0.5, 0.6) is 0 Å². The van der Waals surface area contributed by atoms with Crippen LogP contribution in [0.15, 0.2) is 18.2 Å². The lowest BCUT2D eigenvalue weighted by Crippen LogP contribution is -2.50. The summed E-state index contributed by atoms with van der Waals surface area (Å²) in [5, 5.41) is 0.961. The lowest BCUT2D eigenvalue weighted by atomic mass is 9.79. The molecule has 1 aromatic carbocycles. The van der Waals surface area contributed by atoms with Crippen molar-refractivity contribution in [3.05, 3.63) is 18.2 Å². The van der Waals surface area contributed by atoms with E-state index in [0.29, 0.717) is 13.1 Å². The Morgan fingerprint density at radius 3 is 2.29 bits per heavy atom. The minimum Gasteiger partial charge on any atom is -0.444 e. The summed E-state index contributed by atoms with van der Waals surface area (Å²) in [7, 11) is -0.411. The van der Waals surface area contributed by atoms with Crippen LogP contribution in [0.1, 0.15) is 48.5 Å². The molecule has 0 atom stereocenters. The molecule has 7 nitrogen and oxygen atoms in total. The fourth-order valence-electron chi connectivity index (χ4n) is 3.66. The van der Waals surface area contributed by atoms with E-state index in [9.17, 15) is 4.79 Å². The van der Waals surface area contributed by atoms with Gasteiger partial charge in [0.15, 0.2) is 5.13 Å². The van der Waals surface area contributed by atoms with Gasteiger partial charge in [-0.05, 0) is 54.5 Å². The number of benzene rings is 1. The highest BCUT2D eigenvalue weighted by Gasteiger charge is 2.52. The maximum absolute atomic E-state index is 12.3. The van der Waals surface area contributed by atoms with Crippen LogP contribution in [-0.4, -0.2) is 66.1 Å². The third-order valence-corrected chi connectivity index (χ3v) is 7.32. The first-order valence-electron chi connectivity index (χ1n) is 10.8. The number of hydrogen-bond donors (Lipinski definition) is 0. The quantitative estimate of drug-likeness (QED) is 0.658. The van der Waals surface area contributed by atoms with Crippen LogP contribution < -0.4 is 10.4 Å². The molecule has 3 heterocycles. The maximum atomic E-state index is 12.3. The number of ether oxygens (including phenoxy) is 1. The van der Waals surface area contributed by atoms with Gasteiger partial charge in [-0.2, -0.15) is 0 Å². The predicted octanol–water partition coefficient (Wildman–Crippen LogP) is 3.65. The molecule has 9 heteroatoms. The van der Waals surface area contributed by atoms with E-state index < -0.39 is 12.7 Å². The number of amides is 1. The molecule has 0 unspecified atom stereocenters. The third kappa shape index (κ3) is 4.40. The lowest BCUT2D eigenvalue weighted by molar-refractivity contribution is 0.00578. The van der Waals surface area contributed by atoms with E-state index in [1.54, 1.807) is 16.2 Å². The normalized spacial score (nSPS) is 21.1. The highest BCUT2D eigenvalue weighted by molar-refractivity contribution is 7.23. The standard InChI is InChI=1S/C22H32BN3O4S/c1-20(2,3)28-19(27)26-13-11-25(12-14-26)18-24-16-10-8-9-15(17(16)31-18)23-29-21(4,5)22(6,7)30-23/h8-10H,11-14H2,1-7H3. The summed E-state index contributed by atoms with van der Waals surface area (Å²) in [4.78, 5) is 21.2. The van der Waals surface area contributed by atoms with Gasteiger partial charge < -0.3 is 23.8 Å². The summed E-state index contributed by atoms with van der Waals surface area (Å²) in [5.41, 5.74) is 0.719. The molecule has 2 aromatic rings. The smallest absolute Gasteiger partial charge is 0.444 e. The molecule has 0 aliphatic carbocycles. The molecule has 0 saturated carbocycles. The molecule has 2 saturated heterocycles. The van der Waals surface area contributed by atoms with Crippen molar-refractivity contribution in [3.63, 3.8) is 0 Å². The summed E-state index contributed by atoms with van der Waals surface area (Å²) in [6, 6.07) is 6.10. The molecule has 1 aromatic heterocycles. The molecule has 2 aliphatic rings. The van der Waals surface area contributed by atoms with Crippen LogP contribution in [-0.2, 0) is 14.0 Å². The SMILES string of the molecule is CC(C)(C)OC(=O)N1CCN(c2nc3cccc(B4OC(C)(C)C(C)(C)O4)c3s2)CC1. The van der Waals surface area contributed by atoms with Gasteiger partial charge in [-0.3, -0.25) is 0 Å². The summed E-state index contributed by atoms with van der Waals surface area (Å²) >= 11 is 1.66. The molecule has 31 heavy (non-hydrogen) atoms. The Morgan fingerprint density at radius 2 is 1.71 bits per heavy atom. The number of aromatic nitrogens is 1. The number of nitrogens with zero attached hydrogens (tertiary/aromatic N) is 3. The first-order chi connectivity index (χ1) is 14.4. The highest BCUT2D eigenvalue weighted by Crippen LogP contribution is 2.38. The van der Waals surface area contributed by atoms with E-state index in [1.165, 1.54) is 0 Å². The monoisotopic (exact) mass is 445 g/mol. The van der Waals surface area contributed by atoms with E-state index in [-0.39, 0.29) is 17.3 Å². The fraction of sp³-hybridized carbons (Fsp3) is 0.636. The van der Waals surface area contributed by atoms with Gasteiger partial charge >= 0.3 is 13.2 Å². The highest BCUT2D eigenvalue weighted by atomic mass is 32.1. The van der Waals surface area contributed by atoms with Crippen molar-refractivity contribution in [3.8, 4) is 0 Å². The zero-order chi connectivity index (χ0) is 22.6. The Bertz CT molecular complexity index is 961. The average molecular weight is 445 g/mol. The number of carbonyl (C=O) groups excluding carboxylic acids is 1. The molecule has 0 bridgehead atoms. The Kier molecular flexibility index (Phi) is 5.51. The second-order valence-corrected chi connectivity index (χ2v) is 11.2.